The SMILES string of the molecule is CC(C)c1nnc2n1C[C@@H](NS(=O)(=O)c1ccccc1)CC2. The zero-order valence-corrected chi connectivity index (χ0v) is 13.5. The molecule has 0 bridgehead atoms. The van der Waals surface area contributed by atoms with Gasteiger partial charge in [0.2, 0.25) is 10.0 Å². The maximum absolute atomic E-state index is 12.4. The molecule has 0 amide bonds. The second-order valence-corrected chi connectivity index (χ2v) is 7.62. The lowest BCUT2D eigenvalue weighted by atomic mass is 10.1. The van der Waals surface area contributed by atoms with Crippen LogP contribution in [0.5, 0.6) is 0 Å². The van der Waals surface area contributed by atoms with Gasteiger partial charge in [0, 0.05) is 24.9 Å². The molecule has 1 aliphatic rings. The molecule has 0 aliphatic carbocycles. The van der Waals surface area contributed by atoms with Gasteiger partial charge in [0.05, 0.1) is 4.90 Å². The molecular formula is C15H20N4O2S. The van der Waals surface area contributed by atoms with Crippen molar-refractivity contribution < 1.29 is 8.42 Å². The summed E-state index contributed by atoms with van der Waals surface area (Å²) < 4.78 is 29.7. The first kappa shape index (κ1) is 15.2. The highest BCUT2D eigenvalue weighted by Gasteiger charge is 2.27. The van der Waals surface area contributed by atoms with Crippen LogP contribution in [0.25, 0.3) is 0 Å². The second-order valence-electron chi connectivity index (χ2n) is 5.91. The van der Waals surface area contributed by atoms with Gasteiger partial charge in [-0.3, -0.25) is 0 Å². The number of rotatable bonds is 4. The highest BCUT2D eigenvalue weighted by molar-refractivity contribution is 7.89. The highest BCUT2D eigenvalue weighted by atomic mass is 32.2. The van der Waals surface area contributed by atoms with E-state index >= 15 is 0 Å². The number of nitrogens with one attached hydrogen (secondary N) is 1. The van der Waals surface area contributed by atoms with E-state index in [1.165, 1.54) is 0 Å². The van der Waals surface area contributed by atoms with Crippen LogP contribution < -0.4 is 4.72 Å². The fourth-order valence-corrected chi connectivity index (χ4v) is 4.04. The molecule has 0 saturated heterocycles. The molecule has 1 aromatic heterocycles. The Morgan fingerprint density at radius 1 is 1.23 bits per heavy atom. The molecule has 2 aromatic rings. The molecule has 6 nitrogen and oxygen atoms in total. The van der Waals surface area contributed by atoms with E-state index < -0.39 is 10.0 Å². The first-order valence-electron chi connectivity index (χ1n) is 7.47. The Labute approximate surface area is 130 Å². The molecule has 0 saturated carbocycles. The lowest BCUT2D eigenvalue weighted by Gasteiger charge is -2.25. The maximum atomic E-state index is 12.4. The molecule has 0 unspecified atom stereocenters. The number of aryl methyl sites for hydroxylation is 1. The quantitative estimate of drug-likeness (QED) is 0.930. The van der Waals surface area contributed by atoms with Crippen molar-refractivity contribution in [2.45, 2.75) is 50.1 Å². The summed E-state index contributed by atoms with van der Waals surface area (Å²) in [5.41, 5.74) is 0. The summed E-state index contributed by atoms with van der Waals surface area (Å²) in [7, 11) is -3.48. The third-order valence-electron chi connectivity index (χ3n) is 3.87. The van der Waals surface area contributed by atoms with Crippen molar-refractivity contribution in [2.24, 2.45) is 0 Å². The van der Waals surface area contributed by atoms with E-state index in [2.05, 4.69) is 28.8 Å². The van der Waals surface area contributed by atoms with Gasteiger partial charge in [-0.2, -0.15) is 0 Å². The predicted molar refractivity (Wildman–Crippen MR) is 83.0 cm³/mol. The third kappa shape index (κ3) is 2.91. The topological polar surface area (TPSA) is 76.9 Å². The molecule has 3 rings (SSSR count). The van der Waals surface area contributed by atoms with E-state index in [-0.39, 0.29) is 12.0 Å². The highest BCUT2D eigenvalue weighted by Crippen LogP contribution is 2.21. The summed E-state index contributed by atoms with van der Waals surface area (Å²) in [6, 6.07) is 8.34. The van der Waals surface area contributed by atoms with Crippen molar-refractivity contribution in [3.8, 4) is 0 Å². The van der Waals surface area contributed by atoms with Gasteiger partial charge in [-0.25, -0.2) is 13.1 Å². The van der Waals surface area contributed by atoms with Crippen molar-refractivity contribution >= 4 is 10.0 Å². The summed E-state index contributed by atoms with van der Waals surface area (Å²) >= 11 is 0. The Morgan fingerprint density at radius 3 is 2.64 bits per heavy atom. The Balaban J connectivity index is 1.79. The molecule has 1 aliphatic heterocycles. The Hall–Kier alpha value is -1.73. The summed E-state index contributed by atoms with van der Waals surface area (Å²) in [5, 5.41) is 8.42. The monoisotopic (exact) mass is 320 g/mol. The summed E-state index contributed by atoms with van der Waals surface area (Å²) in [6.45, 7) is 4.71. The van der Waals surface area contributed by atoms with Gasteiger partial charge in [0.15, 0.2) is 0 Å². The van der Waals surface area contributed by atoms with Gasteiger partial charge < -0.3 is 4.57 Å². The molecule has 0 radical (unpaired) electrons. The van der Waals surface area contributed by atoms with Crippen LogP contribution in [0.4, 0.5) is 0 Å². The van der Waals surface area contributed by atoms with E-state index in [0.717, 1.165) is 24.5 Å². The van der Waals surface area contributed by atoms with Gasteiger partial charge in [-0.15, -0.1) is 10.2 Å². The number of hydrogen-bond donors (Lipinski definition) is 1. The fourth-order valence-electron chi connectivity index (χ4n) is 2.76. The minimum atomic E-state index is -3.48. The first-order chi connectivity index (χ1) is 10.5. The van der Waals surface area contributed by atoms with Crippen molar-refractivity contribution in [1.82, 2.24) is 19.5 Å². The second kappa shape index (κ2) is 5.81. The first-order valence-corrected chi connectivity index (χ1v) is 8.95. The maximum Gasteiger partial charge on any atom is 0.240 e. The van der Waals surface area contributed by atoms with Gasteiger partial charge in [0.1, 0.15) is 11.6 Å². The van der Waals surface area contributed by atoms with E-state index in [4.69, 9.17) is 0 Å². The van der Waals surface area contributed by atoms with Crippen molar-refractivity contribution in [3.05, 3.63) is 42.0 Å². The molecule has 22 heavy (non-hydrogen) atoms. The molecule has 0 fully saturated rings. The minimum Gasteiger partial charge on any atom is -0.313 e. The van der Waals surface area contributed by atoms with Crippen LogP contribution in [0.2, 0.25) is 0 Å². The van der Waals surface area contributed by atoms with E-state index in [1.54, 1.807) is 30.3 Å². The van der Waals surface area contributed by atoms with Crippen molar-refractivity contribution in [3.63, 3.8) is 0 Å². The minimum absolute atomic E-state index is 0.133. The normalized spacial score (nSPS) is 18.4. The molecule has 1 N–H and O–H groups in total. The van der Waals surface area contributed by atoms with Crippen LogP contribution in [0.1, 0.15) is 37.8 Å². The van der Waals surface area contributed by atoms with Crippen LogP contribution >= 0.6 is 0 Å². The molecule has 118 valence electrons. The average Bonchev–Trinajstić information content (AvgIpc) is 2.91. The molecule has 1 atom stereocenters. The Morgan fingerprint density at radius 2 is 1.95 bits per heavy atom. The molecule has 0 spiro atoms. The standard InChI is InChI=1S/C15H20N4O2S/c1-11(2)15-17-16-14-9-8-12(10-19(14)15)18-22(20,21)13-6-4-3-5-7-13/h3-7,11-12,18H,8-10H2,1-2H3/t12-/m0/s1. The smallest absolute Gasteiger partial charge is 0.240 e. The number of sulfonamides is 1. The molecular weight excluding hydrogens is 300 g/mol. The van der Waals surface area contributed by atoms with Crippen LogP contribution in [0.15, 0.2) is 35.2 Å². The number of nitrogens with zero attached hydrogens (tertiary/aromatic N) is 3. The molecule has 1 aromatic carbocycles. The largest absolute Gasteiger partial charge is 0.313 e. The Bertz CT molecular complexity index is 753. The number of fused-ring (bicyclic) bond motifs is 1. The van der Waals surface area contributed by atoms with E-state index in [0.29, 0.717) is 11.4 Å². The van der Waals surface area contributed by atoms with Crippen LogP contribution in [0.3, 0.4) is 0 Å². The van der Waals surface area contributed by atoms with E-state index in [1.807, 2.05) is 4.57 Å². The zero-order valence-electron chi connectivity index (χ0n) is 12.7. The lowest BCUT2D eigenvalue weighted by Crippen LogP contribution is -2.41. The van der Waals surface area contributed by atoms with Crippen LogP contribution in [-0.2, 0) is 23.0 Å². The van der Waals surface area contributed by atoms with Gasteiger partial charge in [0.25, 0.3) is 0 Å². The number of aromatic nitrogens is 3. The molecule has 7 heteroatoms. The van der Waals surface area contributed by atoms with Gasteiger partial charge in [-0.05, 0) is 18.6 Å². The summed E-state index contributed by atoms with van der Waals surface area (Å²) in [5.74, 6) is 2.13. The summed E-state index contributed by atoms with van der Waals surface area (Å²) in [4.78, 5) is 0.300. The van der Waals surface area contributed by atoms with Gasteiger partial charge >= 0.3 is 0 Å². The van der Waals surface area contributed by atoms with Crippen molar-refractivity contribution in [2.75, 3.05) is 0 Å². The predicted octanol–water partition coefficient (Wildman–Crippen LogP) is 1.69. The number of hydrogen-bond acceptors (Lipinski definition) is 4. The number of benzene rings is 1. The summed E-state index contributed by atoms with van der Waals surface area (Å²) in [6.07, 6.45) is 1.48. The third-order valence-corrected chi connectivity index (χ3v) is 5.40. The van der Waals surface area contributed by atoms with Crippen LogP contribution in [-0.4, -0.2) is 29.2 Å². The van der Waals surface area contributed by atoms with Crippen molar-refractivity contribution in [1.29, 1.82) is 0 Å². The van der Waals surface area contributed by atoms with Gasteiger partial charge in [-0.1, -0.05) is 32.0 Å². The fraction of sp³-hybridized carbons (Fsp3) is 0.467. The molecule has 2 heterocycles. The Kier molecular flexibility index (Phi) is 4.01. The zero-order chi connectivity index (χ0) is 15.7. The van der Waals surface area contributed by atoms with Crippen LogP contribution in [0, 0.1) is 0 Å². The van der Waals surface area contributed by atoms with E-state index in [9.17, 15) is 8.42 Å². The lowest BCUT2D eigenvalue weighted by molar-refractivity contribution is 0.410. The average molecular weight is 320 g/mol.